The lowest BCUT2D eigenvalue weighted by Crippen LogP contribution is -3.00. The lowest BCUT2D eigenvalue weighted by Gasteiger charge is -2.08. The van der Waals surface area contributed by atoms with Gasteiger partial charge in [-0.05, 0) is 25.0 Å². The summed E-state index contributed by atoms with van der Waals surface area (Å²) in [6.45, 7) is 6.46. The molecule has 0 fully saturated rings. The molecule has 2 aromatic heterocycles. The molecule has 194 valence electrons. The number of pyridine rings is 2. The van der Waals surface area contributed by atoms with Gasteiger partial charge in [0, 0.05) is 51.0 Å². The van der Waals surface area contributed by atoms with Crippen molar-refractivity contribution in [1.82, 2.24) is 0 Å². The molecule has 0 aliphatic rings. The Morgan fingerprint density at radius 1 is 0.528 bits per heavy atom. The molecular formula is C30H40Cl2N4. The van der Waals surface area contributed by atoms with Gasteiger partial charge in [0.1, 0.15) is 13.1 Å². The molecule has 0 atom stereocenters. The Hall–Kier alpha value is -2.56. The van der Waals surface area contributed by atoms with E-state index in [4.69, 9.17) is 11.5 Å². The Morgan fingerprint density at radius 3 is 1.25 bits per heavy atom. The molecule has 2 heterocycles. The number of aromatic nitrogens is 2. The van der Waals surface area contributed by atoms with Crippen molar-refractivity contribution in [3.63, 3.8) is 0 Å². The lowest BCUT2D eigenvalue weighted by molar-refractivity contribution is -0.678. The molecule has 4 nitrogen and oxygen atoms in total. The molecule has 4 rings (SSSR count). The summed E-state index contributed by atoms with van der Waals surface area (Å²) >= 11 is 0. The van der Waals surface area contributed by atoms with E-state index in [2.05, 4.69) is 83.6 Å². The maximum Gasteiger partial charge on any atom is 0.214 e. The molecule has 0 aliphatic heterocycles. The van der Waals surface area contributed by atoms with Crippen LogP contribution in [0, 0.1) is 13.8 Å². The molecule has 0 saturated carbocycles. The highest BCUT2D eigenvalue weighted by Crippen LogP contribution is 2.20. The number of fused-ring (bicyclic) bond motifs is 2. The molecule has 6 heteroatoms. The zero-order valence-corrected chi connectivity index (χ0v) is 23.2. The molecule has 0 saturated heterocycles. The largest absolute Gasteiger partial charge is 1.00 e. The minimum absolute atomic E-state index is 0. The normalized spacial score (nSPS) is 10.8. The third-order valence-electron chi connectivity index (χ3n) is 7.11. The second-order valence-corrected chi connectivity index (χ2v) is 9.65. The fourth-order valence-corrected chi connectivity index (χ4v) is 5.24. The van der Waals surface area contributed by atoms with Crippen molar-refractivity contribution in [1.29, 1.82) is 0 Å². The predicted molar refractivity (Wildman–Crippen MR) is 144 cm³/mol. The van der Waals surface area contributed by atoms with E-state index in [9.17, 15) is 0 Å². The Bertz CT molecular complexity index is 1170. The van der Waals surface area contributed by atoms with Gasteiger partial charge < -0.3 is 36.3 Å². The number of nitrogens with zero attached hydrogens (tertiary/aromatic N) is 2. The van der Waals surface area contributed by atoms with E-state index in [0.717, 1.165) is 35.2 Å². The minimum atomic E-state index is 0. The second-order valence-electron chi connectivity index (χ2n) is 9.65. The smallest absolute Gasteiger partial charge is 0.214 e. The number of anilines is 2. The summed E-state index contributed by atoms with van der Waals surface area (Å²) in [5.74, 6) is 0. The van der Waals surface area contributed by atoms with Crippen molar-refractivity contribution in [2.24, 2.45) is 0 Å². The first-order valence-electron chi connectivity index (χ1n) is 12.9. The van der Waals surface area contributed by atoms with Crippen LogP contribution >= 0.6 is 0 Å². The molecule has 4 N–H and O–H groups in total. The average molecular weight is 528 g/mol. The van der Waals surface area contributed by atoms with Crippen molar-refractivity contribution >= 4 is 33.2 Å². The molecule has 0 bridgehead atoms. The summed E-state index contributed by atoms with van der Waals surface area (Å²) in [5.41, 5.74) is 19.2. The highest BCUT2D eigenvalue weighted by Gasteiger charge is 2.15. The average Bonchev–Trinajstić information content (AvgIpc) is 2.83. The highest BCUT2D eigenvalue weighted by atomic mass is 35.5. The molecule has 0 spiro atoms. The summed E-state index contributed by atoms with van der Waals surface area (Å²) in [5, 5.41) is 2.32. The number of aryl methyl sites for hydroxylation is 4. The lowest BCUT2D eigenvalue weighted by atomic mass is 10.1. The SMILES string of the molecule is Cc1cc(N)c2ccccc2[n+]1CCCCCCCCCC[n+]1c(C)cc(N)c2ccccc21.[Cl-].[Cl-]. The molecule has 0 amide bonds. The standard InChI is InChI=1S/C30H38N4.2ClH/c1-23-21-27(31)25-15-9-11-17-29(25)33(23)19-13-7-5-3-4-6-8-14-20-34-24(2)22-28(32)26-16-10-12-18-30(26)34;;/h9-12,15-18,21-22,31-32H,3-8,13-14,19-20H2,1-2H3;2*1H. The first kappa shape index (κ1) is 29.7. The maximum absolute atomic E-state index is 6.22. The van der Waals surface area contributed by atoms with Gasteiger partial charge in [-0.1, -0.05) is 49.9 Å². The van der Waals surface area contributed by atoms with Crippen LogP contribution < -0.4 is 45.4 Å². The van der Waals surface area contributed by atoms with Crippen LogP contribution in [-0.4, -0.2) is 0 Å². The van der Waals surface area contributed by atoms with Gasteiger partial charge in [0.2, 0.25) is 11.0 Å². The fraction of sp³-hybridized carbons (Fsp3) is 0.400. The van der Waals surface area contributed by atoms with Gasteiger partial charge in [0.15, 0.2) is 11.4 Å². The van der Waals surface area contributed by atoms with E-state index < -0.39 is 0 Å². The third kappa shape index (κ3) is 7.02. The number of benzene rings is 2. The summed E-state index contributed by atoms with van der Waals surface area (Å²) in [7, 11) is 0. The van der Waals surface area contributed by atoms with Crippen LogP contribution in [0.5, 0.6) is 0 Å². The molecule has 36 heavy (non-hydrogen) atoms. The van der Waals surface area contributed by atoms with Gasteiger partial charge in [-0.3, -0.25) is 0 Å². The summed E-state index contributed by atoms with van der Waals surface area (Å²) in [6, 6.07) is 21.2. The molecule has 0 aliphatic carbocycles. The van der Waals surface area contributed by atoms with Gasteiger partial charge in [-0.25, -0.2) is 0 Å². The van der Waals surface area contributed by atoms with Crippen LogP contribution in [0.15, 0.2) is 60.7 Å². The van der Waals surface area contributed by atoms with Gasteiger partial charge in [0.25, 0.3) is 0 Å². The number of rotatable bonds is 11. The van der Waals surface area contributed by atoms with Crippen LogP contribution in [0.3, 0.4) is 0 Å². The number of halogens is 2. The topological polar surface area (TPSA) is 59.8 Å². The third-order valence-corrected chi connectivity index (χ3v) is 7.11. The Kier molecular flexibility index (Phi) is 11.7. The van der Waals surface area contributed by atoms with Crippen LogP contribution in [0.25, 0.3) is 21.8 Å². The van der Waals surface area contributed by atoms with Crippen molar-refractivity contribution < 1.29 is 33.9 Å². The van der Waals surface area contributed by atoms with Gasteiger partial charge in [-0.2, -0.15) is 9.13 Å². The Morgan fingerprint density at radius 2 is 0.861 bits per heavy atom. The molecule has 0 radical (unpaired) electrons. The van der Waals surface area contributed by atoms with Crippen molar-refractivity contribution in [2.75, 3.05) is 11.5 Å². The second kappa shape index (κ2) is 14.2. The van der Waals surface area contributed by atoms with Gasteiger partial charge in [0.05, 0.1) is 22.1 Å². The Labute approximate surface area is 228 Å². The maximum atomic E-state index is 6.22. The number of nitrogen functional groups attached to an aromatic ring is 2. The fourth-order valence-electron chi connectivity index (χ4n) is 5.24. The van der Waals surface area contributed by atoms with E-state index >= 15 is 0 Å². The van der Waals surface area contributed by atoms with E-state index in [0.29, 0.717) is 0 Å². The van der Waals surface area contributed by atoms with E-state index in [1.165, 1.54) is 73.8 Å². The molecule has 2 aromatic carbocycles. The first-order valence-corrected chi connectivity index (χ1v) is 12.9. The molecular weight excluding hydrogens is 487 g/mol. The van der Waals surface area contributed by atoms with Gasteiger partial charge >= 0.3 is 0 Å². The molecule has 0 unspecified atom stereocenters. The van der Waals surface area contributed by atoms with Crippen molar-refractivity contribution in [3.8, 4) is 0 Å². The summed E-state index contributed by atoms with van der Waals surface area (Å²) < 4.78 is 4.85. The van der Waals surface area contributed by atoms with E-state index in [1.54, 1.807) is 0 Å². The number of nitrogens with two attached hydrogens (primary N) is 2. The minimum Gasteiger partial charge on any atom is -1.00 e. The number of hydrogen-bond donors (Lipinski definition) is 2. The molecule has 4 aromatic rings. The van der Waals surface area contributed by atoms with Crippen LogP contribution in [0.1, 0.15) is 62.8 Å². The monoisotopic (exact) mass is 526 g/mol. The predicted octanol–water partition coefficient (Wildman–Crippen LogP) is 0.178. The first-order chi connectivity index (χ1) is 16.6. The van der Waals surface area contributed by atoms with E-state index in [-0.39, 0.29) is 24.8 Å². The van der Waals surface area contributed by atoms with Crippen molar-refractivity contribution in [2.45, 2.75) is 78.3 Å². The quantitative estimate of drug-likeness (QED) is 0.216. The number of para-hydroxylation sites is 2. The number of hydrogen-bond acceptors (Lipinski definition) is 2. The van der Waals surface area contributed by atoms with E-state index in [1.807, 2.05) is 0 Å². The van der Waals surface area contributed by atoms with Gasteiger partial charge in [-0.15, -0.1) is 0 Å². The summed E-state index contributed by atoms with van der Waals surface area (Å²) in [4.78, 5) is 0. The van der Waals surface area contributed by atoms with Crippen molar-refractivity contribution in [3.05, 3.63) is 72.1 Å². The highest BCUT2D eigenvalue weighted by molar-refractivity contribution is 5.88. The number of unbranched alkanes of at least 4 members (excludes halogenated alkanes) is 7. The van der Waals surface area contributed by atoms with Crippen LogP contribution in [0.2, 0.25) is 0 Å². The zero-order valence-electron chi connectivity index (χ0n) is 21.6. The van der Waals surface area contributed by atoms with Crippen LogP contribution in [0.4, 0.5) is 11.4 Å². The Balaban J connectivity index is 0.00000228. The summed E-state index contributed by atoms with van der Waals surface area (Å²) in [6.07, 6.45) is 10.3. The van der Waals surface area contributed by atoms with Crippen LogP contribution in [-0.2, 0) is 13.1 Å². The zero-order chi connectivity index (χ0) is 23.9.